The summed E-state index contributed by atoms with van der Waals surface area (Å²) in [5.74, 6) is 0.752. The fourth-order valence-electron chi connectivity index (χ4n) is 2.46. The molecule has 0 unspecified atom stereocenters. The molecule has 0 radical (unpaired) electrons. The Kier molecular flexibility index (Phi) is 6.89. The minimum Gasteiger partial charge on any atom is -0.337 e. The second-order valence-electron chi connectivity index (χ2n) is 5.72. The maximum Gasteiger partial charge on any atom is 0.242 e. The highest BCUT2D eigenvalue weighted by Gasteiger charge is 2.25. The molecule has 0 aliphatic carbocycles. The number of rotatable bonds is 8. The van der Waals surface area contributed by atoms with Gasteiger partial charge in [0.25, 0.3) is 0 Å². The second kappa shape index (κ2) is 8.91. The Morgan fingerprint density at radius 3 is 2.65 bits per heavy atom. The molecule has 1 fully saturated rings. The van der Waals surface area contributed by atoms with Gasteiger partial charge < -0.3 is 9.80 Å². The number of thioether (sulfide) groups is 1. The molecule has 0 bridgehead atoms. The Balaban J connectivity index is 1.98. The number of nitrogens with zero attached hydrogens (tertiary/aromatic N) is 2. The molecule has 0 atom stereocenters. The molecule has 1 aliphatic heterocycles. The standard InChI is InChI=1S/C17H23FN2O2S/c1-2-3-4-9-19(10-14-5-7-15(18)8-6-14)16(21)11-20-13-23-12-17(20)22/h5-8H,2-4,9-13H2,1H3. The van der Waals surface area contributed by atoms with E-state index < -0.39 is 0 Å². The van der Waals surface area contributed by atoms with Crippen molar-refractivity contribution in [2.75, 3.05) is 24.7 Å². The third-order valence-corrected chi connectivity index (χ3v) is 4.77. The van der Waals surface area contributed by atoms with Crippen LogP contribution in [0.3, 0.4) is 0 Å². The molecule has 1 heterocycles. The van der Waals surface area contributed by atoms with Gasteiger partial charge in [0.05, 0.1) is 11.6 Å². The van der Waals surface area contributed by atoms with Gasteiger partial charge in [-0.05, 0) is 24.1 Å². The molecule has 1 saturated heterocycles. The predicted molar refractivity (Wildman–Crippen MR) is 90.4 cm³/mol. The molecule has 0 aromatic heterocycles. The number of hydrogen-bond donors (Lipinski definition) is 0. The first-order valence-electron chi connectivity index (χ1n) is 7.98. The van der Waals surface area contributed by atoms with E-state index in [0.717, 1.165) is 24.8 Å². The van der Waals surface area contributed by atoms with Crippen LogP contribution in [0.1, 0.15) is 31.7 Å². The molecule has 0 spiro atoms. The molecule has 4 nitrogen and oxygen atoms in total. The Morgan fingerprint density at radius 1 is 1.30 bits per heavy atom. The Morgan fingerprint density at radius 2 is 2.04 bits per heavy atom. The fourth-order valence-corrected chi connectivity index (χ4v) is 3.36. The first-order chi connectivity index (χ1) is 11.1. The lowest BCUT2D eigenvalue weighted by Gasteiger charge is -2.25. The molecule has 2 amide bonds. The zero-order chi connectivity index (χ0) is 16.7. The van der Waals surface area contributed by atoms with Crippen molar-refractivity contribution in [1.82, 2.24) is 9.80 Å². The monoisotopic (exact) mass is 338 g/mol. The molecule has 126 valence electrons. The van der Waals surface area contributed by atoms with Crippen LogP contribution in [0.25, 0.3) is 0 Å². The highest BCUT2D eigenvalue weighted by atomic mass is 32.2. The van der Waals surface area contributed by atoms with E-state index in [1.165, 1.54) is 23.9 Å². The van der Waals surface area contributed by atoms with Gasteiger partial charge in [0, 0.05) is 13.1 Å². The number of amides is 2. The van der Waals surface area contributed by atoms with E-state index in [-0.39, 0.29) is 24.2 Å². The smallest absolute Gasteiger partial charge is 0.242 e. The Labute approximate surface area is 141 Å². The van der Waals surface area contributed by atoms with E-state index in [2.05, 4.69) is 6.92 Å². The molecule has 1 aliphatic rings. The highest BCUT2D eigenvalue weighted by molar-refractivity contribution is 8.00. The Bertz CT molecular complexity index is 536. The summed E-state index contributed by atoms with van der Waals surface area (Å²) >= 11 is 1.54. The summed E-state index contributed by atoms with van der Waals surface area (Å²) in [6.07, 6.45) is 3.08. The number of benzene rings is 1. The number of unbranched alkanes of at least 4 members (excludes halogenated alkanes) is 2. The van der Waals surface area contributed by atoms with Crippen molar-refractivity contribution in [2.45, 2.75) is 32.7 Å². The van der Waals surface area contributed by atoms with Crippen LogP contribution in [0.2, 0.25) is 0 Å². The summed E-state index contributed by atoms with van der Waals surface area (Å²) < 4.78 is 13.0. The van der Waals surface area contributed by atoms with Crippen LogP contribution in [0.5, 0.6) is 0 Å². The van der Waals surface area contributed by atoms with Crippen LogP contribution in [0.15, 0.2) is 24.3 Å². The molecule has 6 heteroatoms. The minimum atomic E-state index is -0.280. The summed E-state index contributed by atoms with van der Waals surface area (Å²) in [6, 6.07) is 6.22. The van der Waals surface area contributed by atoms with Crippen LogP contribution >= 0.6 is 11.8 Å². The second-order valence-corrected chi connectivity index (χ2v) is 6.67. The van der Waals surface area contributed by atoms with Crippen molar-refractivity contribution in [2.24, 2.45) is 0 Å². The average Bonchev–Trinajstić information content (AvgIpc) is 2.93. The molecule has 1 aromatic carbocycles. The summed E-state index contributed by atoms with van der Waals surface area (Å²) in [6.45, 7) is 3.38. The summed E-state index contributed by atoms with van der Waals surface area (Å²) in [5.41, 5.74) is 0.901. The lowest BCUT2D eigenvalue weighted by molar-refractivity contribution is -0.138. The average molecular weight is 338 g/mol. The van der Waals surface area contributed by atoms with Crippen LogP contribution in [-0.2, 0) is 16.1 Å². The van der Waals surface area contributed by atoms with Gasteiger partial charge in [-0.3, -0.25) is 9.59 Å². The van der Waals surface area contributed by atoms with Crippen molar-refractivity contribution >= 4 is 23.6 Å². The van der Waals surface area contributed by atoms with Crippen LogP contribution < -0.4 is 0 Å². The first kappa shape index (κ1) is 17.8. The molecule has 0 N–H and O–H groups in total. The molecule has 2 rings (SSSR count). The molecular weight excluding hydrogens is 315 g/mol. The number of halogens is 1. The van der Waals surface area contributed by atoms with Gasteiger partial charge in [-0.1, -0.05) is 31.9 Å². The van der Waals surface area contributed by atoms with Gasteiger partial charge in [0.1, 0.15) is 12.4 Å². The van der Waals surface area contributed by atoms with Crippen molar-refractivity contribution in [1.29, 1.82) is 0 Å². The van der Waals surface area contributed by atoms with Crippen molar-refractivity contribution < 1.29 is 14.0 Å². The predicted octanol–water partition coefficient (Wildman–Crippen LogP) is 2.88. The lowest BCUT2D eigenvalue weighted by Crippen LogP contribution is -2.41. The van der Waals surface area contributed by atoms with Gasteiger partial charge in [0.2, 0.25) is 11.8 Å². The van der Waals surface area contributed by atoms with Gasteiger partial charge in [-0.2, -0.15) is 0 Å². The highest BCUT2D eigenvalue weighted by Crippen LogP contribution is 2.16. The minimum absolute atomic E-state index is 0.0265. The lowest BCUT2D eigenvalue weighted by atomic mass is 10.2. The van der Waals surface area contributed by atoms with Gasteiger partial charge in [-0.15, -0.1) is 11.8 Å². The van der Waals surface area contributed by atoms with Gasteiger partial charge >= 0.3 is 0 Å². The van der Waals surface area contributed by atoms with Gasteiger partial charge in [0.15, 0.2) is 0 Å². The van der Waals surface area contributed by atoms with Crippen molar-refractivity contribution in [3.05, 3.63) is 35.6 Å². The molecule has 23 heavy (non-hydrogen) atoms. The third kappa shape index (κ3) is 5.53. The van der Waals surface area contributed by atoms with Crippen LogP contribution in [0, 0.1) is 5.82 Å². The maximum absolute atomic E-state index is 13.0. The molecule has 1 aromatic rings. The fraction of sp³-hybridized carbons (Fsp3) is 0.529. The molecule has 0 saturated carbocycles. The first-order valence-corrected chi connectivity index (χ1v) is 9.13. The maximum atomic E-state index is 13.0. The van der Waals surface area contributed by atoms with E-state index in [1.807, 2.05) is 0 Å². The third-order valence-electron chi connectivity index (χ3n) is 3.82. The topological polar surface area (TPSA) is 40.6 Å². The van der Waals surface area contributed by atoms with E-state index in [0.29, 0.717) is 24.7 Å². The van der Waals surface area contributed by atoms with Gasteiger partial charge in [-0.25, -0.2) is 4.39 Å². The van der Waals surface area contributed by atoms with E-state index in [4.69, 9.17) is 0 Å². The zero-order valence-electron chi connectivity index (χ0n) is 13.5. The normalized spacial score (nSPS) is 14.3. The van der Waals surface area contributed by atoms with E-state index >= 15 is 0 Å². The number of carbonyl (C=O) groups excluding carboxylic acids is 2. The molecular formula is C17H23FN2O2S. The van der Waals surface area contributed by atoms with Crippen molar-refractivity contribution in [3.63, 3.8) is 0 Å². The van der Waals surface area contributed by atoms with Crippen molar-refractivity contribution in [3.8, 4) is 0 Å². The number of carbonyl (C=O) groups is 2. The van der Waals surface area contributed by atoms with E-state index in [9.17, 15) is 14.0 Å². The summed E-state index contributed by atoms with van der Waals surface area (Å²) in [4.78, 5) is 27.6. The Hall–Kier alpha value is -1.56. The largest absolute Gasteiger partial charge is 0.337 e. The zero-order valence-corrected chi connectivity index (χ0v) is 14.3. The quantitative estimate of drug-likeness (QED) is 0.684. The SMILES string of the molecule is CCCCCN(Cc1ccc(F)cc1)C(=O)CN1CSCC1=O. The summed E-state index contributed by atoms with van der Waals surface area (Å²) in [7, 11) is 0. The van der Waals surface area contributed by atoms with E-state index in [1.54, 1.807) is 21.9 Å². The number of hydrogen-bond acceptors (Lipinski definition) is 3. The summed E-state index contributed by atoms with van der Waals surface area (Å²) in [5, 5.41) is 0. The van der Waals surface area contributed by atoms with Crippen LogP contribution in [-0.4, -0.2) is 46.3 Å². The van der Waals surface area contributed by atoms with Crippen LogP contribution in [0.4, 0.5) is 4.39 Å².